The molecule has 8 heteroatoms. The molecule has 0 spiro atoms. The van der Waals surface area contributed by atoms with E-state index in [4.69, 9.17) is 4.42 Å². The summed E-state index contributed by atoms with van der Waals surface area (Å²) in [6, 6.07) is 6.02. The predicted octanol–water partition coefficient (Wildman–Crippen LogP) is 3.75. The van der Waals surface area contributed by atoms with Crippen LogP contribution in [0.2, 0.25) is 0 Å². The Morgan fingerprint density at radius 3 is 2.59 bits per heavy atom. The summed E-state index contributed by atoms with van der Waals surface area (Å²) in [4.78, 5) is 19.9. The van der Waals surface area contributed by atoms with E-state index in [0.717, 1.165) is 18.0 Å². The van der Waals surface area contributed by atoms with Crippen molar-refractivity contribution in [2.75, 3.05) is 31.1 Å². The quantitative estimate of drug-likeness (QED) is 0.762. The molecule has 1 amide bonds. The van der Waals surface area contributed by atoms with Crippen LogP contribution >= 0.6 is 0 Å². The Hall–Kier alpha value is -2.77. The number of carbonyl (C=O) groups is 1. The van der Waals surface area contributed by atoms with Gasteiger partial charge in [-0.05, 0) is 43.7 Å². The van der Waals surface area contributed by atoms with Crippen molar-refractivity contribution < 1.29 is 22.4 Å². The lowest BCUT2D eigenvalue weighted by Crippen LogP contribution is -2.34. The van der Waals surface area contributed by atoms with E-state index in [9.17, 15) is 18.0 Å². The van der Waals surface area contributed by atoms with Crippen molar-refractivity contribution in [2.24, 2.45) is 0 Å². The summed E-state index contributed by atoms with van der Waals surface area (Å²) in [5.74, 6) is 1.76. The molecule has 2 aromatic heterocycles. The molecule has 27 heavy (non-hydrogen) atoms. The van der Waals surface area contributed by atoms with E-state index in [-0.39, 0.29) is 5.91 Å². The zero-order valence-electron chi connectivity index (χ0n) is 14.9. The minimum atomic E-state index is -4.40. The molecule has 0 radical (unpaired) electrons. The summed E-state index contributed by atoms with van der Waals surface area (Å²) in [6.07, 6.45) is 0.269. The highest BCUT2D eigenvalue weighted by atomic mass is 19.4. The Bertz CT molecular complexity index is 812. The van der Waals surface area contributed by atoms with Gasteiger partial charge in [0.25, 0.3) is 0 Å². The predicted molar refractivity (Wildman–Crippen MR) is 95.1 cm³/mol. The number of rotatable bonds is 3. The third-order valence-electron chi connectivity index (χ3n) is 4.36. The lowest BCUT2D eigenvalue weighted by atomic mass is 10.2. The Balaban J connectivity index is 1.60. The topological polar surface area (TPSA) is 49.6 Å². The summed E-state index contributed by atoms with van der Waals surface area (Å²) >= 11 is 0. The molecule has 0 aromatic carbocycles. The van der Waals surface area contributed by atoms with Gasteiger partial charge in [-0.25, -0.2) is 4.98 Å². The number of carbonyl (C=O) groups excluding carboxylic acids is 1. The van der Waals surface area contributed by atoms with Gasteiger partial charge in [-0.2, -0.15) is 13.2 Å². The van der Waals surface area contributed by atoms with Crippen LogP contribution in [0.5, 0.6) is 0 Å². The third kappa shape index (κ3) is 4.90. The van der Waals surface area contributed by atoms with Crippen molar-refractivity contribution in [3.63, 3.8) is 0 Å². The van der Waals surface area contributed by atoms with Gasteiger partial charge in [0.15, 0.2) is 0 Å². The molecule has 3 heterocycles. The van der Waals surface area contributed by atoms with Crippen molar-refractivity contribution >= 4 is 17.8 Å². The van der Waals surface area contributed by atoms with Gasteiger partial charge in [0.2, 0.25) is 5.91 Å². The fourth-order valence-electron chi connectivity index (χ4n) is 2.91. The molecule has 5 nitrogen and oxygen atoms in total. The average molecular weight is 379 g/mol. The number of aryl methyl sites for hydroxylation is 1. The van der Waals surface area contributed by atoms with E-state index in [1.54, 1.807) is 17.0 Å². The summed E-state index contributed by atoms with van der Waals surface area (Å²) in [6.45, 7) is 4.03. The maximum Gasteiger partial charge on any atom is 0.417 e. The first kappa shape index (κ1) is 19.0. The molecule has 0 bridgehead atoms. The van der Waals surface area contributed by atoms with Crippen LogP contribution in [-0.2, 0) is 11.0 Å². The maximum absolute atomic E-state index is 12.7. The third-order valence-corrected chi connectivity index (χ3v) is 4.36. The standard InChI is InChI=1S/C19H20F3N3O2/c1-14-3-5-16(27-14)6-8-18(26)25-10-2-9-24(11-12-25)17-7-4-15(13-23-17)19(20,21)22/h3-8,13H,2,9-12H2,1H3/b8-6+. The van der Waals surface area contributed by atoms with Crippen LogP contribution in [0.25, 0.3) is 6.08 Å². The van der Waals surface area contributed by atoms with Crippen LogP contribution in [0.1, 0.15) is 23.5 Å². The number of hydrogen-bond donors (Lipinski definition) is 0. The molecule has 0 N–H and O–H groups in total. The lowest BCUT2D eigenvalue weighted by Gasteiger charge is -2.22. The molecular weight excluding hydrogens is 359 g/mol. The number of nitrogens with zero attached hydrogens (tertiary/aromatic N) is 3. The second kappa shape index (κ2) is 7.85. The van der Waals surface area contributed by atoms with E-state index in [0.29, 0.717) is 44.2 Å². The second-order valence-corrected chi connectivity index (χ2v) is 6.35. The molecule has 1 saturated heterocycles. The zero-order chi connectivity index (χ0) is 19.4. The first-order valence-electron chi connectivity index (χ1n) is 8.64. The number of amides is 1. The highest BCUT2D eigenvalue weighted by molar-refractivity contribution is 5.91. The monoisotopic (exact) mass is 379 g/mol. The Labute approximate surface area is 155 Å². The van der Waals surface area contributed by atoms with Gasteiger partial charge in [0.1, 0.15) is 17.3 Å². The van der Waals surface area contributed by atoms with Gasteiger partial charge in [0, 0.05) is 38.5 Å². The van der Waals surface area contributed by atoms with E-state index < -0.39 is 11.7 Å². The fourth-order valence-corrected chi connectivity index (χ4v) is 2.91. The number of anilines is 1. The Morgan fingerprint density at radius 2 is 1.96 bits per heavy atom. The number of hydrogen-bond acceptors (Lipinski definition) is 4. The smallest absolute Gasteiger partial charge is 0.417 e. The van der Waals surface area contributed by atoms with Crippen LogP contribution in [0.15, 0.2) is 41.0 Å². The van der Waals surface area contributed by atoms with Gasteiger partial charge in [-0.1, -0.05) is 0 Å². The van der Waals surface area contributed by atoms with Crippen LogP contribution in [0.4, 0.5) is 19.0 Å². The molecule has 0 saturated carbocycles. The minimum absolute atomic E-state index is 0.119. The highest BCUT2D eigenvalue weighted by Crippen LogP contribution is 2.29. The second-order valence-electron chi connectivity index (χ2n) is 6.35. The normalized spacial score (nSPS) is 16.0. The minimum Gasteiger partial charge on any atom is -0.462 e. The highest BCUT2D eigenvalue weighted by Gasteiger charge is 2.31. The number of furan rings is 1. The van der Waals surface area contributed by atoms with E-state index in [2.05, 4.69) is 4.98 Å². The first-order valence-corrected chi connectivity index (χ1v) is 8.64. The molecule has 0 unspecified atom stereocenters. The molecule has 3 rings (SSSR count). The molecule has 0 aliphatic carbocycles. The van der Waals surface area contributed by atoms with Crippen LogP contribution < -0.4 is 4.90 Å². The summed E-state index contributed by atoms with van der Waals surface area (Å²) in [7, 11) is 0. The number of aromatic nitrogens is 1. The molecule has 2 aromatic rings. The molecule has 1 fully saturated rings. The van der Waals surface area contributed by atoms with E-state index in [1.165, 1.54) is 12.1 Å². The van der Waals surface area contributed by atoms with Crippen LogP contribution in [-0.4, -0.2) is 42.0 Å². The summed E-state index contributed by atoms with van der Waals surface area (Å²) in [5.41, 5.74) is -0.767. The van der Waals surface area contributed by atoms with Gasteiger partial charge in [-0.15, -0.1) is 0 Å². The Kier molecular flexibility index (Phi) is 5.53. The molecule has 144 valence electrons. The van der Waals surface area contributed by atoms with E-state index >= 15 is 0 Å². The molecule has 0 atom stereocenters. The summed E-state index contributed by atoms with van der Waals surface area (Å²) < 4.78 is 43.4. The number of pyridine rings is 1. The first-order chi connectivity index (χ1) is 12.8. The number of halogens is 3. The van der Waals surface area contributed by atoms with E-state index in [1.807, 2.05) is 17.9 Å². The van der Waals surface area contributed by atoms with Gasteiger partial charge in [0.05, 0.1) is 5.56 Å². The summed E-state index contributed by atoms with van der Waals surface area (Å²) in [5, 5.41) is 0. The van der Waals surface area contributed by atoms with Crippen LogP contribution in [0.3, 0.4) is 0 Å². The molecule has 1 aliphatic heterocycles. The van der Waals surface area contributed by atoms with Gasteiger partial charge >= 0.3 is 6.18 Å². The van der Waals surface area contributed by atoms with Crippen molar-refractivity contribution in [3.05, 3.63) is 53.6 Å². The number of alkyl halides is 3. The van der Waals surface area contributed by atoms with Crippen molar-refractivity contribution in [3.8, 4) is 0 Å². The van der Waals surface area contributed by atoms with Crippen molar-refractivity contribution in [2.45, 2.75) is 19.5 Å². The van der Waals surface area contributed by atoms with Gasteiger partial charge < -0.3 is 14.2 Å². The van der Waals surface area contributed by atoms with Crippen molar-refractivity contribution in [1.29, 1.82) is 0 Å². The zero-order valence-corrected chi connectivity index (χ0v) is 14.9. The SMILES string of the molecule is Cc1ccc(/C=C/C(=O)N2CCCN(c3ccc(C(F)(F)F)cn3)CC2)o1. The average Bonchev–Trinajstić information content (AvgIpc) is 2.90. The Morgan fingerprint density at radius 1 is 1.15 bits per heavy atom. The largest absolute Gasteiger partial charge is 0.462 e. The van der Waals surface area contributed by atoms with Gasteiger partial charge in [-0.3, -0.25) is 4.79 Å². The maximum atomic E-state index is 12.7. The lowest BCUT2D eigenvalue weighted by molar-refractivity contribution is -0.137. The fraction of sp³-hybridized carbons (Fsp3) is 0.368. The molecule has 1 aliphatic rings. The molecular formula is C19H20F3N3O2. The van der Waals surface area contributed by atoms with Crippen molar-refractivity contribution in [1.82, 2.24) is 9.88 Å². The van der Waals surface area contributed by atoms with Crippen LogP contribution in [0, 0.1) is 6.92 Å².